The lowest BCUT2D eigenvalue weighted by Crippen LogP contribution is -2.43. The summed E-state index contributed by atoms with van der Waals surface area (Å²) in [4.78, 5) is 20.3. The van der Waals surface area contributed by atoms with Crippen molar-refractivity contribution in [3.8, 4) is 6.07 Å². The second kappa shape index (κ2) is 6.24. The molecule has 0 radical (unpaired) electrons. The standard InChI is InChI=1S/C17H22N6O2/c1-2-25-15(24)22-13-4-3-12(9-21-13)17(23-14(19)20)8-11-5-6-16(17,7-11)10-18/h3-4,9,11H,2,5-8H2,1H3,(H4,19,20,23)(H,21,22,24). The van der Waals surface area contributed by atoms with Crippen LogP contribution in [-0.4, -0.2) is 23.6 Å². The van der Waals surface area contributed by atoms with Crippen LogP contribution in [0, 0.1) is 22.7 Å². The lowest BCUT2D eigenvalue weighted by atomic mass is 9.66. The van der Waals surface area contributed by atoms with Gasteiger partial charge in [0.2, 0.25) is 0 Å². The summed E-state index contributed by atoms with van der Waals surface area (Å²) in [7, 11) is 0. The SMILES string of the molecule is CCOC(=O)Nc1ccc(C2(N=C(N)N)CC3CCC2(C#N)C3)cn1. The molecule has 8 nitrogen and oxygen atoms in total. The highest BCUT2D eigenvalue weighted by atomic mass is 16.5. The molecule has 132 valence electrons. The largest absolute Gasteiger partial charge is 0.450 e. The summed E-state index contributed by atoms with van der Waals surface area (Å²) in [5, 5.41) is 12.4. The molecule has 3 atom stereocenters. The Bertz CT molecular complexity index is 737. The van der Waals surface area contributed by atoms with Crippen molar-refractivity contribution in [2.45, 2.75) is 38.1 Å². The third-order valence-corrected chi connectivity index (χ3v) is 5.27. The number of amides is 1. The molecule has 1 aromatic heterocycles. The van der Waals surface area contributed by atoms with Gasteiger partial charge in [0.25, 0.3) is 0 Å². The second-order valence-corrected chi connectivity index (χ2v) is 6.68. The molecule has 1 aromatic rings. The molecule has 1 heterocycles. The zero-order valence-corrected chi connectivity index (χ0v) is 14.2. The first-order valence-corrected chi connectivity index (χ1v) is 8.37. The van der Waals surface area contributed by atoms with Crippen molar-refractivity contribution < 1.29 is 9.53 Å². The fourth-order valence-electron chi connectivity index (χ4n) is 4.32. The predicted octanol–water partition coefficient (Wildman–Crippen LogP) is 1.83. The van der Waals surface area contributed by atoms with E-state index in [-0.39, 0.29) is 12.6 Å². The maximum absolute atomic E-state index is 11.5. The van der Waals surface area contributed by atoms with Gasteiger partial charge in [0.1, 0.15) is 11.4 Å². The molecule has 0 aromatic carbocycles. The molecule has 8 heteroatoms. The number of nitrogens with one attached hydrogen (secondary N) is 1. The fraction of sp³-hybridized carbons (Fsp3) is 0.529. The number of hydrogen-bond acceptors (Lipinski definition) is 5. The van der Waals surface area contributed by atoms with Gasteiger partial charge in [0, 0.05) is 6.20 Å². The number of carbonyl (C=O) groups excluding carboxylic acids is 1. The molecule has 3 rings (SSSR count). The van der Waals surface area contributed by atoms with E-state index in [1.165, 1.54) is 0 Å². The number of nitriles is 1. The van der Waals surface area contributed by atoms with E-state index >= 15 is 0 Å². The van der Waals surface area contributed by atoms with E-state index in [0.717, 1.165) is 31.2 Å². The topological polar surface area (TPSA) is 139 Å². The maximum Gasteiger partial charge on any atom is 0.412 e. The average Bonchev–Trinajstić information content (AvgIpc) is 3.12. The Morgan fingerprint density at radius 3 is 2.88 bits per heavy atom. The first-order valence-electron chi connectivity index (χ1n) is 8.37. The summed E-state index contributed by atoms with van der Waals surface area (Å²) in [6.45, 7) is 2.01. The van der Waals surface area contributed by atoms with Crippen LogP contribution in [0.1, 0.15) is 38.2 Å². The Morgan fingerprint density at radius 1 is 1.52 bits per heavy atom. The highest BCUT2D eigenvalue weighted by molar-refractivity contribution is 5.83. The van der Waals surface area contributed by atoms with Crippen LogP contribution in [0.25, 0.3) is 0 Å². The molecular formula is C17H22N6O2. The Kier molecular flexibility index (Phi) is 4.25. The molecule has 2 saturated carbocycles. The lowest BCUT2D eigenvalue weighted by Gasteiger charge is -2.39. The van der Waals surface area contributed by atoms with E-state index in [2.05, 4.69) is 21.4 Å². The molecule has 0 aliphatic heterocycles. The summed E-state index contributed by atoms with van der Waals surface area (Å²) < 4.78 is 4.83. The Balaban J connectivity index is 1.95. The molecule has 3 unspecified atom stereocenters. The summed E-state index contributed by atoms with van der Waals surface area (Å²) >= 11 is 0. The van der Waals surface area contributed by atoms with Gasteiger partial charge in [-0.05, 0) is 50.2 Å². The monoisotopic (exact) mass is 342 g/mol. The highest BCUT2D eigenvalue weighted by Gasteiger charge is 2.63. The number of ether oxygens (including phenoxy) is 1. The van der Waals surface area contributed by atoms with Gasteiger partial charge in [0.05, 0.1) is 18.1 Å². The summed E-state index contributed by atoms with van der Waals surface area (Å²) in [5.41, 5.74) is 10.8. The number of anilines is 1. The number of aromatic nitrogens is 1. The van der Waals surface area contributed by atoms with Crippen molar-refractivity contribution in [1.29, 1.82) is 5.26 Å². The van der Waals surface area contributed by atoms with E-state index in [0.29, 0.717) is 11.7 Å². The van der Waals surface area contributed by atoms with Gasteiger partial charge in [-0.3, -0.25) is 5.32 Å². The zero-order chi connectivity index (χ0) is 18.1. The predicted molar refractivity (Wildman–Crippen MR) is 92.4 cm³/mol. The van der Waals surface area contributed by atoms with Gasteiger partial charge in [0.15, 0.2) is 5.96 Å². The van der Waals surface area contributed by atoms with Crippen molar-refractivity contribution in [2.75, 3.05) is 11.9 Å². The van der Waals surface area contributed by atoms with Crippen molar-refractivity contribution in [2.24, 2.45) is 27.8 Å². The fourth-order valence-corrected chi connectivity index (χ4v) is 4.32. The van der Waals surface area contributed by atoms with Gasteiger partial charge in [-0.25, -0.2) is 14.8 Å². The van der Waals surface area contributed by atoms with Crippen molar-refractivity contribution in [3.63, 3.8) is 0 Å². The van der Waals surface area contributed by atoms with Gasteiger partial charge in [-0.15, -0.1) is 0 Å². The Morgan fingerprint density at radius 2 is 2.32 bits per heavy atom. The third-order valence-electron chi connectivity index (χ3n) is 5.27. The molecule has 5 N–H and O–H groups in total. The number of nitrogens with zero attached hydrogens (tertiary/aromatic N) is 3. The van der Waals surface area contributed by atoms with E-state index < -0.39 is 17.0 Å². The van der Waals surface area contributed by atoms with E-state index in [9.17, 15) is 10.1 Å². The Hall–Kier alpha value is -2.82. The van der Waals surface area contributed by atoms with Gasteiger partial charge >= 0.3 is 6.09 Å². The first-order chi connectivity index (χ1) is 11.9. The first kappa shape index (κ1) is 17.0. The van der Waals surface area contributed by atoms with Gasteiger partial charge in [-0.1, -0.05) is 6.07 Å². The van der Waals surface area contributed by atoms with Crippen LogP contribution in [0.2, 0.25) is 0 Å². The molecule has 25 heavy (non-hydrogen) atoms. The number of nitrogens with two attached hydrogens (primary N) is 2. The number of aliphatic imine (C=N–C) groups is 1. The summed E-state index contributed by atoms with van der Waals surface area (Å²) in [5.74, 6) is 0.771. The van der Waals surface area contributed by atoms with Crippen LogP contribution in [0.4, 0.5) is 10.6 Å². The minimum absolute atomic E-state index is 0.0316. The van der Waals surface area contributed by atoms with Crippen LogP contribution in [0.15, 0.2) is 23.3 Å². The van der Waals surface area contributed by atoms with Crippen LogP contribution in [0.3, 0.4) is 0 Å². The summed E-state index contributed by atoms with van der Waals surface area (Å²) in [6.07, 6.45) is 4.39. The number of fused-ring (bicyclic) bond motifs is 2. The lowest BCUT2D eigenvalue weighted by molar-refractivity contribution is 0.168. The minimum Gasteiger partial charge on any atom is -0.450 e. The van der Waals surface area contributed by atoms with Gasteiger partial charge in [-0.2, -0.15) is 5.26 Å². The zero-order valence-electron chi connectivity index (χ0n) is 14.2. The normalized spacial score (nSPS) is 29.7. The number of rotatable bonds is 4. The summed E-state index contributed by atoms with van der Waals surface area (Å²) in [6, 6.07) is 5.99. The second-order valence-electron chi connectivity index (χ2n) is 6.68. The highest BCUT2D eigenvalue weighted by Crippen LogP contribution is 2.65. The molecular weight excluding hydrogens is 320 g/mol. The number of hydrogen-bond donors (Lipinski definition) is 3. The van der Waals surface area contributed by atoms with E-state index in [1.54, 1.807) is 19.2 Å². The number of carbonyl (C=O) groups is 1. The number of pyridine rings is 1. The number of guanidine groups is 1. The molecule has 2 aliphatic carbocycles. The van der Waals surface area contributed by atoms with Crippen molar-refractivity contribution >= 4 is 17.9 Å². The molecule has 2 fully saturated rings. The van der Waals surface area contributed by atoms with Crippen LogP contribution in [0.5, 0.6) is 0 Å². The molecule has 2 bridgehead atoms. The molecule has 0 saturated heterocycles. The third kappa shape index (κ3) is 2.76. The average molecular weight is 342 g/mol. The maximum atomic E-state index is 11.5. The smallest absolute Gasteiger partial charge is 0.412 e. The van der Waals surface area contributed by atoms with Crippen molar-refractivity contribution in [3.05, 3.63) is 23.9 Å². The molecule has 0 spiro atoms. The van der Waals surface area contributed by atoms with Crippen LogP contribution in [-0.2, 0) is 10.3 Å². The molecule has 1 amide bonds. The quantitative estimate of drug-likeness (QED) is 0.563. The van der Waals surface area contributed by atoms with Crippen molar-refractivity contribution in [1.82, 2.24) is 4.98 Å². The van der Waals surface area contributed by atoms with E-state index in [1.807, 2.05) is 6.07 Å². The Labute approximate surface area is 146 Å². The minimum atomic E-state index is -0.779. The van der Waals surface area contributed by atoms with E-state index in [4.69, 9.17) is 16.2 Å². The van der Waals surface area contributed by atoms with Crippen LogP contribution >= 0.6 is 0 Å². The van der Waals surface area contributed by atoms with Crippen LogP contribution < -0.4 is 16.8 Å². The van der Waals surface area contributed by atoms with Gasteiger partial charge < -0.3 is 16.2 Å². The molecule has 2 aliphatic rings.